The normalized spacial score (nSPS) is 13.8. The fraction of sp³-hybridized carbons (Fsp3) is 0.368. The van der Waals surface area contributed by atoms with E-state index in [-0.39, 0.29) is 11.7 Å². The van der Waals surface area contributed by atoms with Crippen LogP contribution >= 0.6 is 23.1 Å². The molecule has 1 fully saturated rings. The number of amides is 1. The minimum Gasteiger partial charge on any atom is -0.357 e. The molecule has 4 rings (SSSR count). The highest BCUT2D eigenvalue weighted by Crippen LogP contribution is 2.27. The zero-order valence-electron chi connectivity index (χ0n) is 15.7. The van der Waals surface area contributed by atoms with E-state index < -0.39 is 0 Å². The van der Waals surface area contributed by atoms with E-state index in [1.807, 2.05) is 34.2 Å². The van der Waals surface area contributed by atoms with Crippen LogP contribution in [0, 0.1) is 0 Å². The quantitative estimate of drug-likeness (QED) is 0.594. The first kappa shape index (κ1) is 18.9. The lowest BCUT2D eigenvalue weighted by atomic mass is 10.4. The largest absolute Gasteiger partial charge is 0.357 e. The van der Waals surface area contributed by atoms with Crippen molar-refractivity contribution in [3.63, 3.8) is 0 Å². The number of hydrogen-bond acceptors (Lipinski definition) is 7. The lowest BCUT2D eigenvalue weighted by Crippen LogP contribution is -2.19. The van der Waals surface area contributed by atoms with Crippen molar-refractivity contribution in [1.29, 1.82) is 0 Å². The van der Waals surface area contributed by atoms with Gasteiger partial charge in [0.2, 0.25) is 5.91 Å². The summed E-state index contributed by atoms with van der Waals surface area (Å²) in [6.07, 6.45) is 4.15. The highest BCUT2D eigenvalue weighted by atomic mass is 32.2. The Kier molecular flexibility index (Phi) is 5.92. The summed E-state index contributed by atoms with van der Waals surface area (Å²) in [4.78, 5) is 20.2. The summed E-state index contributed by atoms with van der Waals surface area (Å²) >= 11 is 3.03. The molecule has 28 heavy (non-hydrogen) atoms. The van der Waals surface area contributed by atoms with Crippen LogP contribution < -0.4 is 10.2 Å². The predicted molar refractivity (Wildman–Crippen MR) is 114 cm³/mol. The molecule has 0 saturated carbocycles. The topological polar surface area (TPSA) is 75.9 Å². The average molecular weight is 415 g/mol. The molecular formula is C19H22N6OS2. The Morgan fingerprint density at radius 1 is 1.25 bits per heavy atom. The molecule has 146 valence electrons. The molecule has 1 aliphatic rings. The Morgan fingerprint density at radius 3 is 2.79 bits per heavy atom. The van der Waals surface area contributed by atoms with Crippen LogP contribution in [0.2, 0.25) is 0 Å². The third kappa shape index (κ3) is 4.20. The van der Waals surface area contributed by atoms with Crippen LogP contribution in [0.5, 0.6) is 0 Å². The summed E-state index contributed by atoms with van der Waals surface area (Å²) in [5.41, 5.74) is 0.713. The summed E-state index contributed by atoms with van der Waals surface area (Å²) in [7, 11) is 0. The van der Waals surface area contributed by atoms with Gasteiger partial charge in [0.05, 0.1) is 22.5 Å². The number of thioether (sulfide) groups is 1. The van der Waals surface area contributed by atoms with Crippen molar-refractivity contribution >= 4 is 40.5 Å². The lowest BCUT2D eigenvalue weighted by molar-refractivity contribution is -0.113. The van der Waals surface area contributed by atoms with Crippen LogP contribution in [0.25, 0.3) is 10.7 Å². The number of anilines is 2. The van der Waals surface area contributed by atoms with Gasteiger partial charge >= 0.3 is 0 Å². The zero-order chi connectivity index (χ0) is 19.3. The minimum atomic E-state index is -0.0796. The number of rotatable bonds is 7. The molecule has 0 bridgehead atoms. The fourth-order valence-electron chi connectivity index (χ4n) is 3.19. The van der Waals surface area contributed by atoms with Crippen LogP contribution in [-0.4, -0.2) is 44.5 Å². The van der Waals surface area contributed by atoms with E-state index in [1.54, 1.807) is 17.5 Å². The number of hydrogen-bond donors (Lipinski definition) is 1. The molecular weight excluding hydrogens is 392 g/mol. The molecule has 1 N–H and O–H groups in total. The smallest absolute Gasteiger partial charge is 0.234 e. The van der Waals surface area contributed by atoms with E-state index in [0.29, 0.717) is 5.69 Å². The fourth-order valence-corrected chi connectivity index (χ4v) is 4.71. The molecule has 1 amide bonds. The van der Waals surface area contributed by atoms with Crippen LogP contribution in [-0.2, 0) is 11.3 Å². The highest BCUT2D eigenvalue weighted by molar-refractivity contribution is 7.99. The summed E-state index contributed by atoms with van der Waals surface area (Å²) in [6.45, 7) is 4.92. The first-order valence-electron chi connectivity index (χ1n) is 9.35. The van der Waals surface area contributed by atoms with Gasteiger partial charge in [0.1, 0.15) is 5.82 Å². The van der Waals surface area contributed by atoms with E-state index in [0.717, 1.165) is 41.3 Å². The minimum absolute atomic E-state index is 0.0796. The van der Waals surface area contributed by atoms with Crippen molar-refractivity contribution in [2.45, 2.75) is 31.5 Å². The molecule has 4 heterocycles. The maximum atomic E-state index is 12.3. The second kappa shape index (κ2) is 8.74. The van der Waals surface area contributed by atoms with Gasteiger partial charge in [-0.3, -0.25) is 4.79 Å². The summed E-state index contributed by atoms with van der Waals surface area (Å²) in [5.74, 6) is 2.02. The molecule has 0 aromatic carbocycles. The van der Waals surface area contributed by atoms with Gasteiger partial charge in [0, 0.05) is 19.6 Å². The molecule has 1 aliphatic heterocycles. The molecule has 7 nitrogen and oxygen atoms in total. The molecule has 0 unspecified atom stereocenters. The number of pyridine rings is 1. The molecule has 1 saturated heterocycles. The first-order chi connectivity index (χ1) is 13.7. The van der Waals surface area contributed by atoms with E-state index >= 15 is 0 Å². The van der Waals surface area contributed by atoms with Crippen LogP contribution in [0.1, 0.15) is 19.8 Å². The summed E-state index contributed by atoms with van der Waals surface area (Å²) in [5, 5.41) is 14.2. The SMILES string of the molecule is CCn1c(SCC(=O)Nc2ccc(N3CCCC3)nc2)nnc1-c1cccs1. The van der Waals surface area contributed by atoms with E-state index in [2.05, 4.69) is 32.3 Å². The number of nitrogens with one attached hydrogen (secondary N) is 1. The van der Waals surface area contributed by atoms with Crippen LogP contribution in [0.15, 0.2) is 41.0 Å². The maximum Gasteiger partial charge on any atom is 0.234 e. The molecule has 0 radical (unpaired) electrons. The third-order valence-corrected chi connectivity index (χ3v) is 6.40. The predicted octanol–water partition coefficient (Wildman–Crippen LogP) is 3.75. The Bertz CT molecular complexity index is 917. The van der Waals surface area contributed by atoms with E-state index in [1.165, 1.54) is 24.6 Å². The van der Waals surface area contributed by atoms with Gasteiger partial charge in [0.25, 0.3) is 0 Å². The highest BCUT2D eigenvalue weighted by Gasteiger charge is 2.16. The molecule has 0 atom stereocenters. The molecule has 9 heteroatoms. The second-order valence-corrected chi connectivity index (χ2v) is 8.35. The van der Waals surface area contributed by atoms with E-state index in [9.17, 15) is 4.79 Å². The van der Waals surface area contributed by atoms with Crippen molar-refractivity contribution in [3.8, 4) is 10.7 Å². The van der Waals surface area contributed by atoms with Crippen LogP contribution in [0.4, 0.5) is 11.5 Å². The standard InChI is InChI=1S/C19H22N6OS2/c1-2-25-18(15-6-5-11-27-15)22-23-19(25)28-13-17(26)21-14-7-8-16(20-12-14)24-9-3-4-10-24/h5-8,11-12H,2-4,9-10,13H2,1H3,(H,21,26). The van der Waals surface area contributed by atoms with Crippen molar-refractivity contribution < 1.29 is 4.79 Å². The van der Waals surface area contributed by atoms with Gasteiger partial charge in [-0.1, -0.05) is 17.8 Å². The van der Waals surface area contributed by atoms with E-state index in [4.69, 9.17) is 0 Å². The molecule has 3 aromatic rings. The van der Waals surface area contributed by atoms with Crippen molar-refractivity contribution in [1.82, 2.24) is 19.7 Å². The number of thiophene rings is 1. The molecule has 0 aliphatic carbocycles. The monoisotopic (exact) mass is 414 g/mol. The molecule has 3 aromatic heterocycles. The number of carbonyl (C=O) groups is 1. The Balaban J connectivity index is 1.34. The maximum absolute atomic E-state index is 12.3. The van der Waals surface area contributed by atoms with Crippen molar-refractivity contribution in [3.05, 3.63) is 35.8 Å². The van der Waals surface area contributed by atoms with Gasteiger partial charge in [-0.25, -0.2) is 4.98 Å². The van der Waals surface area contributed by atoms with Gasteiger partial charge in [-0.05, 0) is 43.3 Å². The van der Waals surface area contributed by atoms with Gasteiger partial charge in [-0.2, -0.15) is 0 Å². The summed E-state index contributed by atoms with van der Waals surface area (Å²) in [6, 6.07) is 7.90. The average Bonchev–Trinajstić information content (AvgIpc) is 3.48. The Morgan fingerprint density at radius 2 is 2.11 bits per heavy atom. The number of nitrogens with zero attached hydrogens (tertiary/aromatic N) is 5. The number of aromatic nitrogens is 4. The Hall–Kier alpha value is -2.39. The van der Waals surface area contributed by atoms with Crippen molar-refractivity contribution in [2.24, 2.45) is 0 Å². The van der Waals surface area contributed by atoms with Crippen LogP contribution in [0.3, 0.4) is 0 Å². The number of carbonyl (C=O) groups excluding carboxylic acids is 1. The second-order valence-electron chi connectivity index (χ2n) is 6.46. The third-order valence-electron chi connectivity index (χ3n) is 4.57. The van der Waals surface area contributed by atoms with Gasteiger partial charge < -0.3 is 14.8 Å². The first-order valence-corrected chi connectivity index (χ1v) is 11.2. The van der Waals surface area contributed by atoms with Crippen molar-refractivity contribution in [2.75, 3.05) is 29.1 Å². The van der Waals surface area contributed by atoms with Gasteiger partial charge in [-0.15, -0.1) is 21.5 Å². The zero-order valence-corrected chi connectivity index (χ0v) is 17.3. The van der Waals surface area contributed by atoms with Gasteiger partial charge in [0.15, 0.2) is 11.0 Å². The Labute approximate surface area is 172 Å². The summed E-state index contributed by atoms with van der Waals surface area (Å²) < 4.78 is 2.04. The molecule has 0 spiro atoms. The lowest BCUT2D eigenvalue weighted by Gasteiger charge is -2.16.